The average molecular weight is 547 g/mol. The van der Waals surface area contributed by atoms with Gasteiger partial charge in [0.1, 0.15) is 5.82 Å². The lowest BCUT2D eigenvalue weighted by Gasteiger charge is -2.50. The van der Waals surface area contributed by atoms with Gasteiger partial charge < -0.3 is 15.4 Å². The van der Waals surface area contributed by atoms with Gasteiger partial charge in [0.2, 0.25) is 0 Å². The fraction of sp³-hybridized carbons (Fsp3) is 0.516. The van der Waals surface area contributed by atoms with Crippen LogP contribution in [0.5, 0.6) is 0 Å². The van der Waals surface area contributed by atoms with E-state index in [0.717, 1.165) is 67.0 Å². The number of nitrogens with one attached hydrogen (secondary N) is 2. The molecule has 1 saturated carbocycles. The van der Waals surface area contributed by atoms with Crippen LogP contribution in [0.4, 0.5) is 10.1 Å². The van der Waals surface area contributed by atoms with Crippen molar-refractivity contribution in [2.45, 2.75) is 89.5 Å². The number of nitrogens with zero attached hydrogens (tertiary/aromatic N) is 4. The number of carbonyl (C=O) groups is 1. The van der Waals surface area contributed by atoms with E-state index in [1.54, 1.807) is 23.1 Å². The third-order valence-electron chi connectivity index (χ3n) is 8.50. The third kappa shape index (κ3) is 5.63. The van der Waals surface area contributed by atoms with Gasteiger partial charge in [0, 0.05) is 35.9 Å². The van der Waals surface area contributed by atoms with Crippen LogP contribution in [0.3, 0.4) is 0 Å². The van der Waals surface area contributed by atoms with Crippen LogP contribution in [0.15, 0.2) is 43.0 Å². The highest BCUT2D eigenvalue weighted by Gasteiger charge is 2.39. The second-order valence-corrected chi connectivity index (χ2v) is 11.7. The molecular weight excluding hydrogens is 507 g/mol. The zero-order chi connectivity index (χ0) is 27.8. The number of rotatable bonds is 9. The minimum absolute atomic E-state index is 0.0691. The SMILES string of the molecule is CCCC1CC(Nc2cncc(-n3cc(-c4cc(C(=O)NC5CC5)c(F)cc4C)cn3)c2)CC(C)N1C1COC1. The van der Waals surface area contributed by atoms with Gasteiger partial charge in [-0.1, -0.05) is 13.3 Å². The summed E-state index contributed by atoms with van der Waals surface area (Å²) >= 11 is 0. The van der Waals surface area contributed by atoms with Gasteiger partial charge in [-0.05, 0) is 75.3 Å². The number of aryl methyl sites for hydroxylation is 1. The first-order valence-electron chi connectivity index (χ1n) is 14.6. The Balaban J connectivity index is 1.18. The molecule has 8 nitrogen and oxygen atoms in total. The highest BCUT2D eigenvalue weighted by atomic mass is 19.1. The van der Waals surface area contributed by atoms with Crippen LogP contribution in [0, 0.1) is 12.7 Å². The molecule has 4 heterocycles. The number of hydrogen-bond donors (Lipinski definition) is 2. The summed E-state index contributed by atoms with van der Waals surface area (Å²) in [6, 6.07) is 7.28. The molecule has 212 valence electrons. The Morgan fingerprint density at radius 1 is 1.12 bits per heavy atom. The Morgan fingerprint density at radius 2 is 1.95 bits per heavy atom. The Labute approximate surface area is 235 Å². The number of hydrogen-bond acceptors (Lipinski definition) is 6. The van der Waals surface area contributed by atoms with Crippen molar-refractivity contribution in [3.8, 4) is 16.8 Å². The Bertz CT molecular complexity index is 1370. The van der Waals surface area contributed by atoms with E-state index < -0.39 is 5.82 Å². The molecule has 0 radical (unpaired) electrons. The quantitative estimate of drug-likeness (QED) is 0.388. The molecule has 6 rings (SSSR count). The van der Waals surface area contributed by atoms with E-state index in [9.17, 15) is 9.18 Å². The molecule has 0 bridgehead atoms. The van der Waals surface area contributed by atoms with Gasteiger partial charge in [0.15, 0.2) is 0 Å². The summed E-state index contributed by atoms with van der Waals surface area (Å²) in [5.74, 6) is -0.865. The molecule has 1 aromatic carbocycles. The second kappa shape index (κ2) is 11.3. The van der Waals surface area contributed by atoms with Crippen molar-refractivity contribution in [1.82, 2.24) is 25.0 Å². The van der Waals surface area contributed by atoms with Gasteiger partial charge in [0.05, 0.1) is 54.8 Å². The van der Waals surface area contributed by atoms with Crippen molar-refractivity contribution in [3.63, 3.8) is 0 Å². The largest absolute Gasteiger partial charge is 0.381 e. The van der Waals surface area contributed by atoms with E-state index >= 15 is 0 Å². The standard InChI is InChI=1S/C31H39FN6O2/c1-4-5-25-10-23(9-20(3)38(25)27-17-40-18-27)35-24-11-26(15-33-14-24)37-16-21(13-34-37)28-12-29(30(32)8-19(28)2)31(39)36-22-6-7-22/h8,11-16,20,22-23,25,27,35H,4-7,9-10,17-18H2,1-3H3,(H,36,39). The first-order chi connectivity index (χ1) is 19.4. The average Bonchev–Trinajstić information content (AvgIpc) is 3.57. The summed E-state index contributed by atoms with van der Waals surface area (Å²) in [5, 5.41) is 11.2. The van der Waals surface area contributed by atoms with Gasteiger partial charge in [-0.25, -0.2) is 9.07 Å². The Kier molecular flexibility index (Phi) is 7.59. The number of piperidine rings is 1. The second-order valence-electron chi connectivity index (χ2n) is 11.7. The number of ether oxygens (including phenoxy) is 1. The maximum atomic E-state index is 14.6. The van der Waals surface area contributed by atoms with Crippen LogP contribution in [-0.4, -0.2) is 69.0 Å². The van der Waals surface area contributed by atoms with Crippen molar-refractivity contribution >= 4 is 11.6 Å². The molecule has 3 aliphatic rings. The van der Waals surface area contributed by atoms with Crippen LogP contribution in [-0.2, 0) is 4.74 Å². The van der Waals surface area contributed by atoms with Crippen LogP contribution >= 0.6 is 0 Å². The van der Waals surface area contributed by atoms with Crippen molar-refractivity contribution in [2.24, 2.45) is 0 Å². The minimum atomic E-state index is -0.503. The molecule has 3 atom stereocenters. The zero-order valence-electron chi connectivity index (χ0n) is 23.6. The van der Waals surface area contributed by atoms with E-state index in [4.69, 9.17) is 4.74 Å². The van der Waals surface area contributed by atoms with E-state index in [0.29, 0.717) is 24.2 Å². The fourth-order valence-corrected chi connectivity index (χ4v) is 6.33. The molecule has 2 aromatic heterocycles. The van der Waals surface area contributed by atoms with E-state index in [1.165, 1.54) is 18.9 Å². The number of halogens is 1. The Morgan fingerprint density at radius 3 is 2.67 bits per heavy atom. The molecule has 3 unspecified atom stereocenters. The van der Waals surface area contributed by atoms with Crippen molar-refractivity contribution in [2.75, 3.05) is 18.5 Å². The normalized spacial score (nSPS) is 23.6. The predicted octanol–water partition coefficient (Wildman–Crippen LogP) is 5.11. The molecule has 2 saturated heterocycles. The number of carbonyl (C=O) groups excluding carboxylic acids is 1. The maximum Gasteiger partial charge on any atom is 0.254 e. The number of pyridine rings is 1. The van der Waals surface area contributed by atoms with Gasteiger partial charge in [0.25, 0.3) is 5.91 Å². The van der Waals surface area contributed by atoms with E-state index in [1.807, 2.05) is 19.3 Å². The van der Waals surface area contributed by atoms with Crippen LogP contribution in [0.1, 0.15) is 68.3 Å². The summed E-state index contributed by atoms with van der Waals surface area (Å²) < 4.78 is 21.9. The molecule has 9 heteroatoms. The van der Waals surface area contributed by atoms with Crippen molar-refractivity contribution in [3.05, 3.63) is 59.9 Å². The molecule has 40 heavy (non-hydrogen) atoms. The zero-order valence-corrected chi connectivity index (χ0v) is 23.6. The lowest BCUT2D eigenvalue weighted by atomic mass is 9.87. The number of amides is 1. The summed E-state index contributed by atoms with van der Waals surface area (Å²) in [7, 11) is 0. The first kappa shape index (κ1) is 26.9. The molecule has 3 fully saturated rings. The number of anilines is 1. The monoisotopic (exact) mass is 546 g/mol. The first-order valence-corrected chi connectivity index (χ1v) is 14.6. The summed E-state index contributed by atoms with van der Waals surface area (Å²) in [6.07, 6.45) is 13.8. The minimum Gasteiger partial charge on any atom is -0.381 e. The molecule has 2 aliphatic heterocycles. The molecule has 1 aliphatic carbocycles. The van der Waals surface area contributed by atoms with E-state index in [2.05, 4.69) is 45.5 Å². The predicted molar refractivity (Wildman–Crippen MR) is 153 cm³/mol. The van der Waals surface area contributed by atoms with E-state index in [-0.39, 0.29) is 17.5 Å². The number of aromatic nitrogens is 3. The number of benzene rings is 1. The van der Waals surface area contributed by atoms with Crippen LogP contribution < -0.4 is 10.6 Å². The van der Waals surface area contributed by atoms with Crippen LogP contribution in [0.25, 0.3) is 16.8 Å². The summed E-state index contributed by atoms with van der Waals surface area (Å²) in [5.41, 5.74) is 4.24. The molecule has 1 amide bonds. The lowest BCUT2D eigenvalue weighted by molar-refractivity contribution is -0.106. The molecule has 2 N–H and O–H groups in total. The molecular formula is C31H39FN6O2. The van der Waals surface area contributed by atoms with Gasteiger partial charge in [-0.3, -0.25) is 14.7 Å². The molecule has 0 spiro atoms. The van der Waals surface area contributed by atoms with Crippen molar-refractivity contribution < 1.29 is 13.9 Å². The van der Waals surface area contributed by atoms with Gasteiger partial charge in [-0.2, -0.15) is 5.10 Å². The fourth-order valence-electron chi connectivity index (χ4n) is 6.33. The molecule has 3 aromatic rings. The topological polar surface area (TPSA) is 84.3 Å². The lowest BCUT2D eigenvalue weighted by Crippen LogP contribution is -2.61. The third-order valence-corrected chi connectivity index (χ3v) is 8.50. The van der Waals surface area contributed by atoms with Crippen LogP contribution in [0.2, 0.25) is 0 Å². The highest BCUT2D eigenvalue weighted by Crippen LogP contribution is 2.33. The summed E-state index contributed by atoms with van der Waals surface area (Å²) in [6.45, 7) is 8.16. The van der Waals surface area contributed by atoms with Gasteiger partial charge >= 0.3 is 0 Å². The van der Waals surface area contributed by atoms with Gasteiger partial charge in [-0.15, -0.1) is 0 Å². The number of likely N-dealkylation sites (tertiary alicyclic amines) is 1. The van der Waals surface area contributed by atoms with Crippen molar-refractivity contribution in [1.29, 1.82) is 0 Å². The smallest absolute Gasteiger partial charge is 0.254 e. The Hall–Kier alpha value is -3.30. The highest BCUT2D eigenvalue weighted by molar-refractivity contribution is 5.96. The summed E-state index contributed by atoms with van der Waals surface area (Å²) in [4.78, 5) is 19.8. The maximum absolute atomic E-state index is 14.6.